The molecule has 0 aliphatic carbocycles. The molecule has 0 spiro atoms. The summed E-state index contributed by atoms with van der Waals surface area (Å²) in [5.41, 5.74) is 2.97. The van der Waals surface area contributed by atoms with Crippen molar-refractivity contribution < 1.29 is 4.79 Å². The van der Waals surface area contributed by atoms with Crippen LogP contribution in [0.3, 0.4) is 0 Å². The van der Waals surface area contributed by atoms with Gasteiger partial charge in [0.25, 0.3) is 5.91 Å². The maximum absolute atomic E-state index is 12.1. The van der Waals surface area contributed by atoms with Crippen molar-refractivity contribution in [2.24, 2.45) is 0 Å². The van der Waals surface area contributed by atoms with Gasteiger partial charge in [0.1, 0.15) is 0 Å². The minimum Gasteiger partial charge on any atom is -0.347 e. The SMILES string of the molecule is O=C(NCc1cccnc1-c1ccsc1)c1ccc(Cl)s1. The fraction of sp³-hybridized carbons (Fsp3) is 0.0667. The van der Waals surface area contributed by atoms with Crippen molar-refractivity contribution >= 4 is 40.2 Å². The molecule has 0 unspecified atom stereocenters. The summed E-state index contributed by atoms with van der Waals surface area (Å²) in [6.07, 6.45) is 1.76. The van der Waals surface area contributed by atoms with E-state index in [1.807, 2.05) is 29.0 Å². The topological polar surface area (TPSA) is 42.0 Å². The lowest BCUT2D eigenvalue weighted by molar-refractivity contribution is 0.0955. The van der Waals surface area contributed by atoms with Gasteiger partial charge >= 0.3 is 0 Å². The maximum Gasteiger partial charge on any atom is 0.261 e. The summed E-state index contributed by atoms with van der Waals surface area (Å²) in [4.78, 5) is 17.1. The first kappa shape index (κ1) is 14.3. The minimum absolute atomic E-state index is 0.118. The van der Waals surface area contributed by atoms with Gasteiger partial charge in [0.2, 0.25) is 0 Å². The quantitative estimate of drug-likeness (QED) is 0.765. The van der Waals surface area contributed by atoms with Crippen molar-refractivity contribution in [2.45, 2.75) is 6.54 Å². The standard InChI is InChI=1S/C15H11ClN2OS2/c16-13-4-3-12(21-13)15(19)18-8-10-2-1-6-17-14(10)11-5-7-20-9-11/h1-7,9H,8H2,(H,18,19). The number of aromatic nitrogens is 1. The molecule has 0 bridgehead atoms. The van der Waals surface area contributed by atoms with Crippen LogP contribution in [-0.2, 0) is 6.54 Å². The van der Waals surface area contributed by atoms with Crippen molar-refractivity contribution in [2.75, 3.05) is 0 Å². The second-order valence-corrected chi connectivity index (χ2v) is 6.80. The average molecular weight is 335 g/mol. The zero-order valence-electron chi connectivity index (χ0n) is 10.9. The third kappa shape index (κ3) is 3.32. The van der Waals surface area contributed by atoms with Gasteiger partial charge in [-0.05, 0) is 35.2 Å². The first-order valence-electron chi connectivity index (χ1n) is 6.24. The highest BCUT2D eigenvalue weighted by Gasteiger charge is 2.11. The van der Waals surface area contributed by atoms with Crippen LogP contribution in [0.1, 0.15) is 15.2 Å². The lowest BCUT2D eigenvalue weighted by Gasteiger charge is -2.08. The van der Waals surface area contributed by atoms with Gasteiger partial charge in [-0.2, -0.15) is 11.3 Å². The van der Waals surface area contributed by atoms with Gasteiger partial charge in [-0.1, -0.05) is 17.7 Å². The van der Waals surface area contributed by atoms with Gasteiger partial charge in [-0.15, -0.1) is 11.3 Å². The molecule has 0 aliphatic rings. The van der Waals surface area contributed by atoms with E-state index in [9.17, 15) is 4.79 Å². The Morgan fingerprint density at radius 1 is 1.29 bits per heavy atom. The van der Waals surface area contributed by atoms with Gasteiger partial charge in [0.15, 0.2) is 0 Å². The Balaban J connectivity index is 1.75. The molecule has 0 radical (unpaired) electrons. The number of hydrogen-bond acceptors (Lipinski definition) is 4. The third-order valence-corrected chi connectivity index (χ3v) is 4.84. The molecule has 0 saturated carbocycles. The van der Waals surface area contributed by atoms with Gasteiger partial charge in [-0.25, -0.2) is 0 Å². The molecular weight excluding hydrogens is 324 g/mol. The summed E-state index contributed by atoms with van der Waals surface area (Å²) < 4.78 is 0.612. The molecule has 0 fully saturated rings. The van der Waals surface area contributed by atoms with Crippen LogP contribution in [0.5, 0.6) is 0 Å². The summed E-state index contributed by atoms with van der Waals surface area (Å²) in [6.45, 7) is 0.438. The highest BCUT2D eigenvalue weighted by molar-refractivity contribution is 7.18. The third-order valence-electron chi connectivity index (χ3n) is 2.92. The summed E-state index contributed by atoms with van der Waals surface area (Å²) in [6, 6.07) is 9.33. The van der Waals surface area contributed by atoms with E-state index in [0.29, 0.717) is 15.8 Å². The molecule has 1 N–H and O–H groups in total. The summed E-state index contributed by atoms with van der Waals surface area (Å²) in [7, 11) is 0. The van der Waals surface area contributed by atoms with Gasteiger partial charge in [0, 0.05) is 23.7 Å². The van der Waals surface area contributed by atoms with Crippen LogP contribution in [0.25, 0.3) is 11.3 Å². The second kappa shape index (κ2) is 6.39. The molecule has 21 heavy (non-hydrogen) atoms. The van der Waals surface area contributed by atoms with Crippen LogP contribution in [-0.4, -0.2) is 10.9 Å². The second-order valence-electron chi connectivity index (χ2n) is 4.31. The van der Waals surface area contributed by atoms with E-state index in [0.717, 1.165) is 16.8 Å². The van der Waals surface area contributed by atoms with Crippen molar-refractivity contribution in [3.8, 4) is 11.3 Å². The molecule has 6 heteroatoms. The predicted molar refractivity (Wildman–Crippen MR) is 88.0 cm³/mol. The molecule has 3 aromatic rings. The number of rotatable bonds is 4. The molecule has 106 valence electrons. The van der Waals surface area contributed by atoms with E-state index >= 15 is 0 Å². The Kier molecular flexibility index (Phi) is 4.34. The number of nitrogens with one attached hydrogen (secondary N) is 1. The fourth-order valence-electron chi connectivity index (χ4n) is 1.94. The normalized spacial score (nSPS) is 10.5. The lowest BCUT2D eigenvalue weighted by Crippen LogP contribution is -2.22. The Labute approximate surface area is 135 Å². The Hall–Kier alpha value is -1.69. The summed E-state index contributed by atoms with van der Waals surface area (Å²) in [5.74, 6) is -0.118. The van der Waals surface area contributed by atoms with Crippen molar-refractivity contribution in [3.05, 3.63) is 62.1 Å². The number of thiophene rings is 2. The average Bonchev–Trinajstić information content (AvgIpc) is 3.16. The number of pyridine rings is 1. The van der Waals surface area contributed by atoms with Crippen molar-refractivity contribution in [1.82, 2.24) is 10.3 Å². The lowest BCUT2D eigenvalue weighted by atomic mass is 10.1. The maximum atomic E-state index is 12.1. The molecule has 1 amide bonds. The molecule has 0 saturated heterocycles. The fourth-order valence-corrected chi connectivity index (χ4v) is 3.54. The smallest absolute Gasteiger partial charge is 0.261 e. The molecule has 3 nitrogen and oxygen atoms in total. The molecule has 3 heterocycles. The largest absolute Gasteiger partial charge is 0.347 e. The molecule has 0 aliphatic heterocycles. The van der Waals surface area contributed by atoms with Gasteiger partial charge in [-0.3, -0.25) is 9.78 Å². The van der Waals surface area contributed by atoms with E-state index in [-0.39, 0.29) is 5.91 Å². The predicted octanol–water partition coefficient (Wildman–Crippen LogP) is 4.46. The monoisotopic (exact) mass is 334 g/mol. The van der Waals surface area contributed by atoms with Gasteiger partial charge in [0.05, 0.1) is 14.9 Å². The summed E-state index contributed by atoms with van der Waals surface area (Å²) in [5, 5.41) is 6.97. The van der Waals surface area contributed by atoms with Crippen LogP contribution in [0.4, 0.5) is 0 Å². The zero-order valence-corrected chi connectivity index (χ0v) is 13.3. The first-order valence-corrected chi connectivity index (χ1v) is 8.38. The van der Waals surface area contributed by atoms with Crippen LogP contribution >= 0.6 is 34.3 Å². The van der Waals surface area contributed by atoms with E-state index in [2.05, 4.69) is 10.3 Å². The molecular formula is C15H11ClN2OS2. The number of carbonyl (C=O) groups excluding carboxylic acids is 1. The van der Waals surface area contributed by atoms with E-state index in [1.54, 1.807) is 29.7 Å². The Morgan fingerprint density at radius 3 is 2.90 bits per heavy atom. The first-order chi connectivity index (χ1) is 10.2. The minimum atomic E-state index is -0.118. The van der Waals surface area contributed by atoms with Crippen molar-refractivity contribution in [1.29, 1.82) is 0 Å². The Morgan fingerprint density at radius 2 is 2.19 bits per heavy atom. The molecule has 0 aromatic carbocycles. The number of amides is 1. The van der Waals surface area contributed by atoms with Crippen LogP contribution in [0.2, 0.25) is 4.34 Å². The van der Waals surface area contributed by atoms with Crippen molar-refractivity contribution in [3.63, 3.8) is 0 Å². The number of carbonyl (C=O) groups is 1. The molecule has 3 rings (SSSR count). The molecule has 0 atom stereocenters. The summed E-state index contributed by atoms with van der Waals surface area (Å²) >= 11 is 8.74. The van der Waals surface area contributed by atoms with Crippen LogP contribution < -0.4 is 5.32 Å². The highest BCUT2D eigenvalue weighted by Crippen LogP contribution is 2.24. The highest BCUT2D eigenvalue weighted by atomic mass is 35.5. The van der Waals surface area contributed by atoms with E-state index < -0.39 is 0 Å². The number of nitrogens with zero attached hydrogens (tertiary/aromatic N) is 1. The van der Waals surface area contributed by atoms with Gasteiger partial charge < -0.3 is 5.32 Å². The zero-order chi connectivity index (χ0) is 14.7. The Bertz CT molecular complexity index is 753. The van der Waals surface area contributed by atoms with Crippen LogP contribution in [0, 0.1) is 0 Å². The van der Waals surface area contributed by atoms with E-state index in [4.69, 9.17) is 11.6 Å². The number of halogens is 1. The molecule has 3 aromatic heterocycles. The van der Waals surface area contributed by atoms with Crippen LogP contribution in [0.15, 0.2) is 47.3 Å². The number of hydrogen-bond donors (Lipinski definition) is 1. The van der Waals surface area contributed by atoms with E-state index in [1.165, 1.54) is 11.3 Å².